The molecular weight excluding hydrogens is 354 g/mol. The smallest absolute Gasteiger partial charge is 0.219 e. The fourth-order valence-electron chi connectivity index (χ4n) is 3.47. The average Bonchev–Trinajstić information content (AvgIpc) is 3.07. The number of para-hydroxylation sites is 1. The van der Waals surface area contributed by atoms with Crippen LogP contribution in [0.15, 0.2) is 55.0 Å². The van der Waals surface area contributed by atoms with Crippen molar-refractivity contribution in [3.63, 3.8) is 0 Å². The lowest BCUT2D eigenvalue weighted by Gasteiger charge is -2.32. The molecule has 5 rings (SSSR count). The van der Waals surface area contributed by atoms with Crippen molar-refractivity contribution in [1.29, 1.82) is 0 Å². The average molecular weight is 373 g/mol. The van der Waals surface area contributed by atoms with Crippen molar-refractivity contribution >= 4 is 16.9 Å². The topological polar surface area (TPSA) is 118 Å². The summed E-state index contributed by atoms with van der Waals surface area (Å²) in [5.74, 6) is 1.64. The van der Waals surface area contributed by atoms with E-state index in [2.05, 4.69) is 15.0 Å². The van der Waals surface area contributed by atoms with Gasteiger partial charge < -0.3 is 16.2 Å². The molecule has 0 amide bonds. The summed E-state index contributed by atoms with van der Waals surface area (Å²) in [5.41, 5.74) is 14.4. The molecule has 140 valence electrons. The van der Waals surface area contributed by atoms with E-state index in [9.17, 15) is 0 Å². The number of nitrogens with zero attached hydrogens (tertiary/aromatic N) is 5. The minimum Gasteiger partial charge on any atom is -0.439 e. The van der Waals surface area contributed by atoms with Crippen LogP contribution in [0.3, 0.4) is 0 Å². The summed E-state index contributed by atoms with van der Waals surface area (Å²) >= 11 is 0. The Morgan fingerprint density at radius 3 is 2.54 bits per heavy atom. The van der Waals surface area contributed by atoms with E-state index < -0.39 is 0 Å². The number of benzene rings is 1. The van der Waals surface area contributed by atoms with Crippen LogP contribution in [0.25, 0.3) is 22.3 Å². The van der Waals surface area contributed by atoms with E-state index in [0.717, 1.165) is 35.2 Å². The van der Waals surface area contributed by atoms with Crippen molar-refractivity contribution in [3.05, 3.63) is 55.0 Å². The van der Waals surface area contributed by atoms with Crippen LogP contribution in [-0.4, -0.2) is 30.8 Å². The Labute approximate surface area is 161 Å². The van der Waals surface area contributed by atoms with Gasteiger partial charge in [0, 0.05) is 23.9 Å². The predicted molar refractivity (Wildman–Crippen MR) is 106 cm³/mol. The SMILES string of the molecule is Nc1ncnc2c1c(-c1ccc(Oc3ccccc3)nc1)nn2[C@H]1C[C@@H](N)C1. The number of aromatic nitrogens is 5. The Morgan fingerprint density at radius 2 is 1.82 bits per heavy atom. The summed E-state index contributed by atoms with van der Waals surface area (Å²) < 4.78 is 7.68. The summed E-state index contributed by atoms with van der Waals surface area (Å²) in [5, 5.41) is 5.53. The molecule has 3 aromatic heterocycles. The van der Waals surface area contributed by atoms with Crippen molar-refractivity contribution in [2.45, 2.75) is 24.9 Å². The lowest BCUT2D eigenvalue weighted by atomic mass is 9.88. The van der Waals surface area contributed by atoms with Crippen LogP contribution >= 0.6 is 0 Å². The summed E-state index contributed by atoms with van der Waals surface area (Å²) in [4.78, 5) is 13.0. The number of nitrogen functional groups attached to an aromatic ring is 1. The van der Waals surface area contributed by atoms with Crippen LogP contribution in [0.1, 0.15) is 18.9 Å². The van der Waals surface area contributed by atoms with Gasteiger partial charge in [0.15, 0.2) is 5.65 Å². The normalized spacial score (nSPS) is 18.8. The molecule has 1 aliphatic carbocycles. The third-order valence-electron chi connectivity index (χ3n) is 4.99. The van der Waals surface area contributed by atoms with Crippen molar-refractivity contribution in [2.24, 2.45) is 5.73 Å². The molecule has 4 aromatic rings. The Bertz CT molecular complexity index is 1120. The van der Waals surface area contributed by atoms with Gasteiger partial charge in [0.2, 0.25) is 5.88 Å². The minimum absolute atomic E-state index is 0.211. The highest BCUT2D eigenvalue weighted by Gasteiger charge is 2.31. The van der Waals surface area contributed by atoms with Crippen molar-refractivity contribution in [2.75, 3.05) is 5.73 Å². The highest BCUT2D eigenvalue weighted by molar-refractivity contribution is 5.98. The van der Waals surface area contributed by atoms with Gasteiger partial charge in [-0.05, 0) is 31.0 Å². The lowest BCUT2D eigenvalue weighted by Crippen LogP contribution is -2.38. The molecule has 1 saturated carbocycles. The molecule has 0 unspecified atom stereocenters. The Morgan fingerprint density at radius 1 is 1.00 bits per heavy atom. The van der Waals surface area contributed by atoms with Crippen molar-refractivity contribution in [3.8, 4) is 22.9 Å². The first-order valence-corrected chi connectivity index (χ1v) is 9.12. The minimum atomic E-state index is 0.211. The van der Waals surface area contributed by atoms with Gasteiger partial charge in [0.25, 0.3) is 0 Å². The predicted octanol–water partition coefficient (Wildman–Crippen LogP) is 2.92. The van der Waals surface area contributed by atoms with E-state index in [0.29, 0.717) is 17.4 Å². The van der Waals surface area contributed by atoms with E-state index in [1.54, 1.807) is 6.20 Å². The first kappa shape index (κ1) is 16.6. The zero-order chi connectivity index (χ0) is 19.1. The van der Waals surface area contributed by atoms with E-state index in [1.165, 1.54) is 6.33 Å². The Balaban J connectivity index is 1.52. The molecule has 1 aliphatic rings. The number of pyridine rings is 1. The first-order valence-electron chi connectivity index (χ1n) is 9.12. The number of anilines is 1. The number of rotatable bonds is 4. The maximum Gasteiger partial charge on any atom is 0.219 e. The summed E-state index contributed by atoms with van der Waals surface area (Å²) in [6, 6.07) is 13.7. The van der Waals surface area contributed by atoms with Gasteiger partial charge in [-0.1, -0.05) is 18.2 Å². The van der Waals surface area contributed by atoms with Gasteiger partial charge in [-0.25, -0.2) is 19.6 Å². The van der Waals surface area contributed by atoms with Gasteiger partial charge >= 0.3 is 0 Å². The molecule has 0 bridgehead atoms. The van der Waals surface area contributed by atoms with E-state index in [4.69, 9.17) is 21.3 Å². The zero-order valence-corrected chi connectivity index (χ0v) is 15.1. The number of hydrogen-bond donors (Lipinski definition) is 2. The molecule has 0 aliphatic heterocycles. The molecule has 3 heterocycles. The van der Waals surface area contributed by atoms with Crippen LogP contribution in [0.5, 0.6) is 11.6 Å². The molecule has 0 radical (unpaired) electrons. The summed E-state index contributed by atoms with van der Waals surface area (Å²) in [7, 11) is 0. The number of fused-ring (bicyclic) bond motifs is 1. The number of ether oxygens (including phenoxy) is 1. The highest BCUT2D eigenvalue weighted by atomic mass is 16.5. The van der Waals surface area contributed by atoms with E-state index in [1.807, 2.05) is 47.1 Å². The van der Waals surface area contributed by atoms with Crippen LogP contribution in [-0.2, 0) is 0 Å². The van der Waals surface area contributed by atoms with Crippen molar-refractivity contribution < 1.29 is 4.74 Å². The second-order valence-electron chi connectivity index (χ2n) is 6.94. The van der Waals surface area contributed by atoms with E-state index >= 15 is 0 Å². The zero-order valence-electron chi connectivity index (χ0n) is 15.1. The van der Waals surface area contributed by atoms with Gasteiger partial charge in [0.1, 0.15) is 23.6 Å². The molecule has 1 aromatic carbocycles. The Kier molecular flexibility index (Phi) is 3.91. The van der Waals surface area contributed by atoms with E-state index in [-0.39, 0.29) is 12.1 Å². The largest absolute Gasteiger partial charge is 0.439 e. The standard InChI is InChI=1S/C20H19N7O/c21-13-8-14(9-13)27-20-17(19(22)24-11-25-20)18(26-27)12-6-7-16(23-10-12)28-15-4-2-1-3-5-15/h1-7,10-11,13-14H,8-9,21H2,(H2,22,24,25)/t13-,14+. The lowest BCUT2D eigenvalue weighted by molar-refractivity contribution is 0.253. The number of hydrogen-bond acceptors (Lipinski definition) is 7. The number of nitrogens with two attached hydrogens (primary N) is 2. The maximum atomic E-state index is 6.15. The molecule has 28 heavy (non-hydrogen) atoms. The third-order valence-corrected chi connectivity index (χ3v) is 4.99. The second kappa shape index (κ2) is 6.58. The fraction of sp³-hybridized carbons (Fsp3) is 0.200. The molecule has 0 saturated heterocycles. The van der Waals surface area contributed by atoms with Gasteiger partial charge in [-0.3, -0.25) is 0 Å². The van der Waals surface area contributed by atoms with Crippen LogP contribution in [0, 0.1) is 0 Å². The summed E-state index contributed by atoms with van der Waals surface area (Å²) in [6.45, 7) is 0. The molecule has 4 N–H and O–H groups in total. The van der Waals surface area contributed by atoms with Crippen LogP contribution in [0.2, 0.25) is 0 Å². The Hall–Kier alpha value is -3.52. The molecular formula is C20H19N7O. The maximum absolute atomic E-state index is 6.15. The molecule has 8 nitrogen and oxygen atoms in total. The second-order valence-corrected chi connectivity index (χ2v) is 6.94. The monoisotopic (exact) mass is 373 g/mol. The first-order chi connectivity index (χ1) is 13.7. The van der Waals surface area contributed by atoms with Crippen LogP contribution in [0.4, 0.5) is 5.82 Å². The van der Waals surface area contributed by atoms with Gasteiger partial charge in [0.05, 0.1) is 11.4 Å². The third kappa shape index (κ3) is 2.84. The molecule has 0 spiro atoms. The van der Waals surface area contributed by atoms with Crippen LogP contribution < -0.4 is 16.2 Å². The van der Waals surface area contributed by atoms with Crippen molar-refractivity contribution in [1.82, 2.24) is 24.7 Å². The molecule has 0 atom stereocenters. The van der Waals surface area contributed by atoms with Gasteiger partial charge in [-0.2, -0.15) is 5.10 Å². The van der Waals surface area contributed by atoms with Gasteiger partial charge in [-0.15, -0.1) is 0 Å². The molecule has 8 heteroatoms. The summed E-state index contributed by atoms with van der Waals surface area (Å²) in [6.07, 6.45) is 4.95. The molecule has 1 fully saturated rings. The fourth-order valence-corrected chi connectivity index (χ4v) is 3.47. The highest BCUT2D eigenvalue weighted by Crippen LogP contribution is 2.37. The quantitative estimate of drug-likeness (QED) is 0.564.